The van der Waals surface area contributed by atoms with Crippen molar-refractivity contribution in [3.05, 3.63) is 35.5 Å². The molecule has 90 valence electrons. The van der Waals surface area contributed by atoms with E-state index in [1.807, 2.05) is 0 Å². The van der Waals surface area contributed by atoms with E-state index in [0.29, 0.717) is 5.25 Å². The quantitative estimate of drug-likeness (QED) is 0.579. The van der Waals surface area contributed by atoms with Crippen LogP contribution in [0.2, 0.25) is 0 Å². The summed E-state index contributed by atoms with van der Waals surface area (Å²) >= 11 is 4.34. The Morgan fingerprint density at radius 1 is 1.38 bits per heavy atom. The molecule has 0 saturated carbocycles. The molecule has 0 radical (unpaired) electrons. The van der Waals surface area contributed by atoms with Gasteiger partial charge in [-0.2, -0.15) is 12.6 Å². The topological polar surface area (TPSA) is 9.23 Å². The summed E-state index contributed by atoms with van der Waals surface area (Å²) in [5, 5.41) is 0.311. The smallest absolute Gasteiger partial charge is 0.0503 e. The minimum Gasteiger partial charge on any atom is -0.381 e. The van der Waals surface area contributed by atoms with Crippen LogP contribution in [0.15, 0.2) is 35.5 Å². The maximum atomic E-state index is 5.45. The molecule has 1 saturated heterocycles. The summed E-state index contributed by atoms with van der Waals surface area (Å²) in [5.41, 5.74) is 2.78. The molecule has 0 aromatic carbocycles. The summed E-state index contributed by atoms with van der Waals surface area (Å²) in [6.45, 7) is 5.92. The molecule has 0 aromatic heterocycles. The molecule has 1 atom stereocenters. The van der Waals surface area contributed by atoms with E-state index < -0.39 is 0 Å². The first-order valence-electron chi connectivity index (χ1n) is 6.02. The van der Waals surface area contributed by atoms with Gasteiger partial charge in [-0.3, -0.25) is 0 Å². The van der Waals surface area contributed by atoms with Gasteiger partial charge in [0.1, 0.15) is 0 Å². The summed E-state index contributed by atoms with van der Waals surface area (Å²) in [5.74, 6) is 0. The molecule has 1 fully saturated rings. The molecule has 0 amide bonds. The van der Waals surface area contributed by atoms with Crippen LogP contribution in [0.25, 0.3) is 0 Å². The molecular formula is C14H22OS. The van der Waals surface area contributed by atoms with Crippen molar-refractivity contribution in [3.8, 4) is 0 Å². The fraction of sp³-hybridized carbons (Fsp3) is 0.571. The van der Waals surface area contributed by atoms with Gasteiger partial charge in [-0.15, -0.1) is 0 Å². The lowest BCUT2D eigenvalue weighted by molar-refractivity contribution is 0.146. The first-order valence-corrected chi connectivity index (χ1v) is 6.54. The number of thiol groups is 1. The van der Waals surface area contributed by atoms with Gasteiger partial charge in [-0.25, -0.2) is 0 Å². The molecule has 1 aliphatic heterocycles. The second-order valence-corrected chi connectivity index (χ2v) is 4.97. The summed E-state index contributed by atoms with van der Waals surface area (Å²) < 4.78 is 5.45. The molecular weight excluding hydrogens is 216 g/mol. The number of hydrogen-bond acceptors (Lipinski definition) is 2. The largest absolute Gasteiger partial charge is 0.381 e. The van der Waals surface area contributed by atoms with Crippen molar-refractivity contribution in [2.75, 3.05) is 13.2 Å². The van der Waals surface area contributed by atoms with Crippen molar-refractivity contribution in [1.82, 2.24) is 0 Å². The van der Waals surface area contributed by atoms with Gasteiger partial charge in [-0.1, -0.05) is 29.9 Å². The molecule has 0 spiro atoms. The van der Waals surface area contributed by atoms with E-state index in [4.69, 9.17) is 4.74 Å². The van der Waals surface area contributed by atoms with Gasteiger partial charge in [-0.05, 0) is 38.7 Å². The zero-order valence-electron chi connectivity index (χ0n) is 10.3. The second kappa shape index (κ2) is 7.75. The Morgan fingerprint density at radius 3 is 2.88 bits per heavy atom. The maximum Gasteiger partial charge on any atom is 0.0503 e. The second-order valence-electron chi connectivity index (χ2n) is 4.16. The van der Waals surface area contributed by atoms with Crippen molar-refractivity contribution in [3.63, 3.8) is 0 Å². The van der Waals surface area contributed by atoms with Crippen LogP contribution in [0, 0.1) is 0 Å². The number of hydrogen-bond donors (Lipinski definition) is 1. The van der Waals surface area contributed by atoms with Gasteiger partial charge in [0.05, 0.1) is 6.61 Å². The minimum atomic E-state index is 0.311. The zero-order valence-corrected chi connectivity index (χ0v) is 11.2. The maximum absolute atomic E-state index is 5.45. The van der Waals surface area contributed by atoms with Crippen molar-refractivity contribution < 1.29 is 4.74 Å². The van der Waals surface area contributed by atoms with Gasteiger partial charge in [0.2, 0.25) is 0 Å². The van der Waals surface area contributed by atoms with Gasteiger partial charge < -0.3 is 4.74 Å². The van der Waals surface area contributed by atoms with Gasteiger partial charge in [0.25, 0.3) is 0 Å². The molecule has 0 bridgehead atoms. The lowest BCUT2D eigenvalue weighted by Gasteiger charge is -2.02. The normalized spacial score (nSPS) is 23.7. The fourth-order valence-electron chi connectivity index (χ4n) is 1.69. The van der Waals surface area contributed by atoms with Crippen LogP contribution in [0.5, 0.6) is 0 Å². The molecule has 0 aromatic rings. The Bertz CT molecular complexity index is 277. The lowest BCUT2D eigenvalue weighted by Crippen LogP contribution is -1.90. The highest BCUT2D eigenvalue weighted by molar-refractivity contribution is 7.81. The minimum absolute atomic E-state index is 0.311. The number of rotatable bonds is 3. The van der Waals surface area contributed by atoms with E-state index in [2.05, 4.69) is 50.8 Å². The summed E-state index contributed by atoms with van der Waals surface area (Å²) in [7, 11) is 0. The monoisotopic (exact) mass is 238 g/mol. The molecule has 1 aliphatic rings. The Balaban J connectivity index is 2.63. The third-order valence-corrected chi connectivity index (χ3v) is 2.80. The van der Waals surface area contributed by atoms with Crippen LogP contribution >= 0.6 is 12.6 Å². The first kappa shape index (κ1) is 13.6. The highest BCUT2D eigenvalue weighted by atomic mass is 32.1. The SMILES string of the molecule is CC=C(C=CC(C)S)C=C1CCCOCC1. The molecule has 1 unspecified atom stereocenters. The Morgan fingerprint density at radius 2 is 2.19 bits per heavy atom. The van der Waals surface area contributed by atoms with E-state index in [1.54, 1.807) is 0 Å². The van der Waals surface area contributed by atoms with E-state index in [1.165, 1.54) is 17.6 Å². The Labute approximate surface area is 105 Å². The molecule has 0 N–H and O–H groups in total. The van der Waals surface area contributed by atoms with Crippen LogP contribution in [-0.2, 0) is 4.74 Å². The first-order chi connectivity index (χ1) is 7.72. The number of allylic oxidation sites excluding steroid dienone is 4. The van der Waals surface area contributed by atoms with Crippen LogP contribution in [-0.4, -0.2) is 18.5 Å². The molecule has 0 aliphatic carbocycles. The van der Waals surface area contributed by atoms with Crippen LogP contribution in [0.3, 0.4) is 0 Å². The van der Waals surface area contributed by atoms with E-state index in [0.717, 1.165) is 26.1 Å². The van der Waals surface area contributed by atoms with Crippen LogP contribution < -0.4 is 0 Å². The lowest BCUT2D eigenvalue weighted by atomic mass is 10.0. The Kier molecular flexibility index (Phi) is 6.58. The summed E-state index contributed by atoms with van der Waals surface area (Å²) in [4.78, 5) is 0. The van der Waals surface area contributed by atoms with E-state index in [-0.39, 0.29) is 0 Å². The van der Waals surface area contributed by atoms with Gasteiger partial charge in [0.15, 0.2) is 0 Å². The predicted octanol–water partition coefficient (Wildman–Crippen LogP) is 3.93. The van der Waals surface area contributed by atoms with Crippen molar-refractivity contribution in [2.24, 2.45) is 0 Å². The third-order valence-electron chi connectivity index (χ3n) is 2.63. The highest BCUT2D eigenvalue weighted by Crippen LogP contribution is 2.17. The van der Waals surface area contributed by atoms with E-state index in [9.17, 15) is 0 Å². The average Bonchev–Trinajstić information content (AvgIpc) is 2.52. The molecule has 16 heavy (non-hydrogen) atoms. The van der Waals surface area contributed by atoms with Crippen molar-refractivity contribution >= 4 is 12.6 Å². The molecule has 1 nitrogen and oxygen atoms in total. The summed E-state index contributed by atoms with van der Waals surface area (Å²) in [6.07, 6.45) is 12.1. The molecule has 1 heterocycles. The number of ether oxygens (including phenoxy) is 1. The highest BCUT2D eigenvalue weighted by Gasteiger charge is 2.04. The van der Waals surface area contributed by atoms with E-state index >= 15 is 0 Å². The van der Waals surface area contributed by atoms with Crippen LogP contribution in [0.1, 0.15) is 33.1 Å². The predicted molar refractivity (Wildman–Crippen MR) is 74.1 cm³/mol. The van der Waals surface area contributed by atoms with Gasteiger partial charge >= 0.3 is 0 Å². The average molecular weight is 238 g/mol. The zero-order chi connectivity index (χ0) is 11.8. The molecule has 1 rings (SSSR count). The van der Waals surface area contributed by atoms with Crippen molar-refractivity contribution in [2.45, 2.75) is 38.4 Å². The standard InChI is InChI=1S/C14H22OS/c1-3-13(7-6-12(2)16)11-14-5-4-9-15-10-8-14/h3,6-7,11-12,16H,4-5,8-10H2,1-2H3. The van der Waals surface area contributed by atoms with Gasteiger partial charge in [0, 0.05) is 11.9 Å². The third kappa shape index (κ3) is 5.57. The summed E-state index contributed by atoms with van der Waals surface area (Å²) in [6, 6.07) is 0. The molecule has 2 heteroatoms. The van der Waals surface area contributed by atoms with Crippen LogP contribution in [0.4, 0.5) is 0 Å². The Hall–Kier alpha value is -0.470. The fourth-order valence-corrected chi connectivity index (χ4v) is 1.78. The van der Waals surface area contributed by atoms with Crippen molar-refractivity contribution in [1.29, 1.82) is 0 Å².